The molecule has 0 N–H and O–H groups in total. The molecule has 0 radical (unpaired) electrons. The third-order valence-electron chi connectivity index (χ3n) is 3.85. The van der Waals surface area contributed by atoms with Crippen molar-refractivity contribution in [2.45, 2.75) is 18.0 Å². The zero-order chi connectivity index (χ0) is 18.7. The van der Waals surface area contributed by atoms with Gasteiger partial charge in [0.2, 0.25) is 0 Å². The summed E-state index contributed by atoms with van der Waals surface area (Å²) in [4.78, 5) is 2.37. The molecular formula is C17H18BrN5O2S. The molecule has 0 aliphatic rings. The lowest BCUT2D eigenvalue weighted by Gasteiger charge is -2.17. The topological polar surface area (TPSA) is 81.0 Å². The van der Waals surface area contributed by atoms with Crippen LogP contribution in [0.4, 0.5) is 0 Å². The zero-order valence-corrected chi connectivity index (χ0v) is 16.8. The van der Waals surface area contributed by atoms with Crippen LogP contribution >= 0.6 is 15.9 Å². The Morgan fingerprint density at radius 1 is 1.08 bits per heavy atom. The van der Waals surface area contributed by atoms with E-state index in [1.54, 1.807) is 28.9 Å². The van der Waals surface area contributed by atoms with Gasteiger partial charge in [0.05, 0.1) is 17.1 Å². The first kappa shape index (κ1) is 18.7. The van der Waals surface area contributed by atoms with Crippen LogP contribution in [0.3, 0.4) is 0 Å². The zero-order valence-electron chi connectivity index (χ0n) is 14.4. The lowest BCUT2D eigenvalue weighted by Crippen LogP contribution is -2.20. The van der Waals surface area contributed by atoms with E-state index in [-0.39, 0.29) is 4.90 Å². The quantitative estimate of drug-likeness (QED) is 0.591. The van der Waals surface area contributed by atoms with Gasteiger partial charge < -0.3 is 0 Å². The predicted octanol–water partition coefficient (Wildman–Crippen LogP) is 2.46. The summed E-state index contributed by atoms with van der Waals surface area (Å²) in [6.45, 7) is 1.28. The van der Waals surface area contributed by atoms with Gasteiger partial charge in [-0.3, -0.25) is 4.90 Å². The standard InChI is InChI=1S/C17H18BrN5O2S/c1-22(11-13-5-3-4-6-16(13)18)12-17-19-20-21-23(17)14-7-9-15(10-8-14)26(2,24)25/h3-10H,11-12H2,1-2H3. The maximum absolute atomic E-state index is 11.6. The van der Waals surface area contributed by atoms with E-state index in [0.29, 0.717) is 18.1 Å². The Balaban J connectivity index is 1.77. The maximum Gasteiger partial charge on any atom is 0.175 e. The third kappa shape index (κ3) is 4.35. The van der Waals surface area contributed by atoms with Gasteiger partial charge in [-0.25, -0.2) is 8.42 Å². The number of halogens is 1. The van der Waals surface area contributed by atoms with E-state index in [1.165, 1.54) is 11.8 Å². The summed E-state index contributed by atoms with van der Waals surface area (Å²) in [5, 5.41) is 11.9. The molecule has 0 saturated heterocycles. The van der Waals surface area contributed by atoms with Gasteiger partial charge in [0, 0.05) is 17.3 Å². The van der Waals surface area contributed by atoms with Crippen LogP contribution in [0.25, 0.3) is 5.69 Å². The average Bonchev–Trinajstić information content (AvgIpc) is 3.04. The minimum atomic E-state index is -3.23. The maximum atomic E-state index is 11.6. The molecule has 7 nitrogen and oxygen atoms in total. The van der Waals surface area contributed by atoms with E-state index in [2.05, 4.69) is 42.4 Å². The molecule has 0 saturated carbocycles. The number of hydrogen-bond acceptors (Lipinski definition) is 6. The lowest BCUT2D eigenvalue weighted by atomic mass is 10.2. The second-order valence-corrected chi connectivity index (χ2v) is 8.91. The first-order valence-corrected chi connectivity index (χ1v) is 10.5. The summed E-state index contributed by atoms with van der Waals surface area (Å²) >= 11 is 3.56. The van der Waals surface area contributed by atoms with Gasteiger partial charge in [0.25, 0.3) is 0 Å². The van der Waals surface area contributed by atoms with Gasteiger partial charge in [-0.1, -0.05) is 34.1 Å². The number of benzene rings is 2. The van der Waals surface area contributed by atoms with E-state index in [4.69, 9.17) is 0 Å². The third-order valence-corrected chi connectivity index (χ3v) is 5.76. The van der Waals surface area contributed by atoms with E-state index >= 15 is 0 Å². The first-order valence-electron chi connectivity index (χ1n) is 7.84. The fourth-order valence-corrected chi connectivity index (χ4v) is 3.59. The Kier molecular flexibility index (Phi) is 5.49. The minimum Gasteiger partial charge on any atom is -0.295 e. The van der Waals surface area contributed by atoms with Gasteiger partial charge in [0.15, 0.2) is 15.7 Å². The number of aromatic nitrogens is 4. The molecule has 1 heterocycles. The number of nitrogens with zero attached hydrogens (tertiary/aromatic N) is 5. The molecule has 9 heteroatoms. The average molecular weight is 436 g/mol. The molecule has 0 aliphatic heterocycles. The Bertz CT molecular complexity index is 1000. The number of hydrogen-bond donors (Lipinski definition) is 0. The summed E-state index contributed by atoms with van der Waals surface area (Å²) < 4.78 is 25.8. The summed E-state index contributed by atoms with van der Waals surface area (Å²) in [6, 6.07) is 14.6. The SMILES string of the molecule is CN(Cc1ccccc1Br)Cc1nnnn1-c1ccc(S(C)(=O)=O)cc1. The molecule has 0 atom stereocenters. The largest absolute Gasteiger partial charge is 0.295 e. The van der Waals surface area contributed by atoms with Gasteiger partial charge >= 0.3 is 0 Å². The number of sulfone groups is 1. The van der Waals surface area contributed by atoms with Crippen LogP contribution in [0.1, 0.15) is 11.4 Å². The van der Waals surface area contributed by atoms with Gasteiger partial charge in [0.1, 0.15) is 0 Å². The van der Waals surface area contributed by atoms with Crippen molar-refractivity contribution in [2.24, 2.45) is 0 Å². The highest BCUT2D eigenvalue weighted by molar-refractivity contribution is 9.10. The summed E-state index contributed by atoms with van der Waals surface area (Å²) in [5.41, 5.74) is 1.89. The molecule has 3 aromatic rings. The molecule has 1 aromatic heterocycles. The highest BCUT2D eigenvalue weighted by atomic mass is 79.9. The molecule has 136 valence electrons. The van der Waals surface area contributed by atoms with Crippen LogP contribution in [0, 0.1) is 0 Å². The lowest BCUT2D eigenvalue weighted by molar-refractivity contribution is 0.307. The molecule has 0 aliphatic carbocycles. The van der Waals surface area contributed by atoms with Crippen LogP contribution < -0.4 is 0 Å². The summed E-state index contributed by atoms with van der Waals surface area (Å²) in [7, 11) is -1.24. The summed E-state index contributed by atoms with van der Waals surface area (Å²) in [6.07, 6.45) is 1.18. The monoisotopic (exact) mass is 435 g/mol. The van der Waals surface area contributed by atoms with Crippen molar-refractivity contribution in [1.82, 2.24) is 25.1 Å². The number of tetrazole rings is 1. The molecule has 0 amide bonds. The van der Waals surface area contributed by atoms with Crippen LogP contribution in [0.15, 0.2) is 57.9 Å². The van der Waals surface area contributed by atoms with E-state index < -0.39 is 9.84 Å². The van der Waals surface area contributed by atoms with Crippen molar-refractivity contribution in [1.29, 1.82) is 0 Å². The highest BCUT2D eigenvalue weighted by Gasteiger charge is 2.13. The molecule has 0 spiro atoms. The molecular weight excluding hydrogens is 418 g/mol. The Morgan fingerprint density at radius 2 is 1.77 bits per heavy atom. The van der Waals surface area contributed by atoms with Crippen LogP contribution in [-0.4, -0.2) is 46.8 Å². The Labute approximate surface area is 160 Å². The van der Waals surface area contributed by atoms with Crippen molar-refractivity contribution in [2.75, 3.05) is 13.3 Å². The van der Waals surface area contributed by atoms with E-state index in [0.717, 1.165) is 11.0 Å². The Hall–Kier alpha value is -2.10. The van der Waals surface area contributed by atoms with Crippen LogP contribution in [-0.2, 0) is 22.9 Å². The number of rotatable bonds is 6. The predicted molar refractivity (Wildman–Crippen MR) is 102 cm³/mol. The van der Waals surface area contributed by atoms with E-state index in [1.807, 2.05) is 25.2 Å². The van der Waals surface area contributed by atoms with Gasteiger partial charge in [-0.2, -0.15) is 4.68 Å². The normalized spacial score (nSPS) is 11.8. The molecule has 26 heavy (non-hydrogen) atoms. The molecule has 2 aromatic carbocycles. The highest BCUT2D eigenvalue weighted by Crippen LogP contribution is 2.19. The summed E-state index contributed by atoms with van der Waals surface area (Å²) in [5.74, 6) is 0.673. The fourth-order valence-electron chi connectivity index (χ4n) is 2.55. The Morgan fingerprint density at radius 3 is 2.42 bits per heavy atom. The molecule has 0 fully saturated rings. The van der Waals surface area contributed by atoms with Crippen molar-refractivity contribution < 1.29 is 8.42 Å². The smallest absolute Gasteiger partial charge is 0.175 e. The minimum absolute atomic E-state index is 0.266. The van der Waals surface area contributed by atoms with Crippen LogP contribution in [0.2, 0.25) is 0 Å². The second kappa shape index (κ2) is 7.65. The van der Waals surface area contributed by atoms with E-state index in [9.17, 15) is 8.42 Å². The van der Waals surface area contributed by atoms with Gasteiger partial charge in [-0.05, 0) is 53.4 Å². The van der Waals surface area contributed by atoms with Crippen molar-refractivity contribution in [3.63, 3.8) is 0 Å². The van der Waals surface area contributed by atoms with Crippen molar-refractivity contribution >= 4 is 25.8 Å². The molecule has 3 rings (SSSR count). The van der Waals surface area contributed by atoms with Crippen molar-refractivity contribution in [3.05, 3.63) is 64.4 Å². The first-order chi connectivity index (χ1) is 12.3. The molecule has 0 bridgehead atoms. The molecule has 0 unspecified atom stereocenters. The van der Waals surface area contributed by atoms with Gasteiger partial charge in [-0.15, -0.1) is 5.10 Å². The van der Waals surface area contributed by atoms with Crippen LogP contribution in [0.5, 0.6) is 0 Å². The van der Waals surface area contributed by atoms with Crippen molar-refractivity contribution in [3.8, 4) is 5.69 Å². The second-order valence-electron chi connectivity index (χ2n) is 6.04. The fraction of sp³-hybridized carbons (Fsp3) is 0.235.